The molecule has 156 valence electrons. The van der Waals surface area contributed by atoms with Crippen LogP contribution in [-0.2, 0) is 15.3 Å². The first-order valence-electron chi connectivity index (χ1n) is 10.1. The Labute approximate surface area is 173 Å². The number of nitrogens with one attached hydrogen (secondary N) is 2. The topological polar surface area (TPSA) is 95.8 Å². The molecule has 6 nitrogen and oxygen atoms in total. The average molecular weight is 415 g/mol. The second kappa shape index (κ2) is 8.22. The summed E-state index contributed by atoms with van der Waals surface area (Å²) in [6.07, 6.45) is 5.44. The van der Waals surface area contributed by atoms with Gasteiger partial charge in [0.25, 0.3) is 5.91 Å². The third kappa shape index (κ3) is 5.01. The van der Waals surface area contributed by atoms with E-state index in [9.17, 15) is 9.00 Å². The molecule has 1 aliphatic rings. The molecule has 7 heteroatoms. The number of aryl methyl sites for hydroxylation is 1. The number of aromatic nitrogens is 2. The van der Waals surface area contributed by atoms with Crippen molar-refractivity contribution in [1.82, 2.24) is 14.7 Å². The molecule has 0 saturated heterocycles. The summed E-state index contributed by atoms with van der Waals surface area (Å²) in [7, 11) is -3.55. The van der Waals surface area contributed by atoms with E-state index in [1.54, 1.807) is 25.1 Å². The van der Waals surface area contributed by atoms with Crippen LogP contribution in [0.1, 0.15) is 86.2 Å². The van der Waals surface area contributed by atoms with Crippen molar-refractivity contribution in [3.63, 3.8) is 0 Å². The summed E-state index contributed by atoms with van der Waals surface area (Å²) in [5.74, 6) is -0.312. The van der Waals surface area contributed by atoms with Crippen LogP contribution in [0.4, 0.5) is 0 Å². The summed E-state index contributed by atoms with van der Waals surface area (Å²) in [6, 6.07) is 8.58. The van der Waals surface area contributed by atoms with Crippen LogP contribution in [0.25, 0.3) is 0 Å². The van der Waals surface area contributed by atoms with Crippen molar-refractivity contribution >= 4 is 15.8 Å². The van der Waals surface area contributed by atoms with E-state index < -0.39 is 15.8 Å². The van der Waals surface area contributed by atoms with E-state index >= 15 is 0 Å². The van der Waals surface area contributed by atoms with E-state index in [1.807, 2.05) is 6.07 Å². The molecule has 0 bridgehead atoms. The second-order valence-electron chi connectivity index (χ2n) is 8.82. The number of rotatable bonds is 4. The van der Waals surface area contributed by atoms with Crippen LogP contribution in [0.3, 0.4) is 0 Å². The monoisotopic (exact) mass is 414 g/mol. The third-order valence-corrected chi connectivity index (χ3v) is 6.61. The van der Waals surface area contributed by atoms with Crippen molar-refractivity contribution in [2.45, 2.75) is 76.2 Å². The highest BCUT2D eigenvalue weighted by Gasteiger charge is 2.27. The van der Waals surface area contributed by atoms with E-state index in [0.29, 0.717) is 11.3 Å². The maximum atomic E-state index is 13.1. The largest absolute Gasteiger partial charge is 0.268 e. The van der Waals surface area contributed by atoms with Gasteiger partial charge in [-0.3, -0.25) is 14.5 Å². The SMILES string of the molecule is Cc1cccc(S(=N)(=O)NC(=O)c2ccc(C(C)(C)C)nc2C2CCCCC2)n1. The first-order valence-corrected chi connectivity index (χ1v) is 11.7. The molecule has 1 aliphatic carbocycles. The van der Waals surface area contributed by atoms with Crippen molar-refractivity contribution in [1.29, 1.82) is 4.78 Å². The number of nitrogens with zero attached hydrogens (tertiary/aromatic N) is 2. The molecule has 2 aromatic heterocycles. The minimum atomic E-state index is -3.55. The first kappa shape index (κ1) is 21.4. The van der Waals surface area contributed by atoms with Crippen molar-refractivity contribution in [3.05, 3.63) is 53.0 Å². The number of hydrogen-bond donors (Lipinski definition) is 2. The molecule has 2 heterocycles. The lowest BCUT2D eigenvalue weighted by Gasteiger charge is -2.26. The van der Waals surface area contributed by atoms with Crippen LogP contribution in [0.5, 0.6) is 0 Å². The molecule has 29 heavy (non-hydrogen) atoms. The van der Waals surface area contributed by atoms with E-state index in [4.69, 9.17) is 9.76 Å². The summed E-state index contributed by atoms with van der Waals surface area (Å²) in [6.45, 7) is 8.05. The molecular weight excluding hydrogens is 384 g/mol. The maximum Gasteiger partial charge on any atom is 0.265 e. The lowest BCUT2D eigenvalue weighted by Crippen LogP contribution is -2.32. The van der Waals surface area contributed by atoms with Crippen LogP contribution in [-0.4, -0.2) is 20.1 Å². The fraction of sp³-hybridized carbons (Fsp3) is 0.500. The lowest BCUT2D eigenvalue weighted by atomic mass is 9.83. The van der Waals surface area contributed by atoms with Gasteiger partial charge in [0.2, 0.25) is 0 Å². The molecule has 1 unspecified atom stereocenters. The summed E-state index contributed by atoms with van der Waals surface area (Å²) in [5, 5.41) is 0.0596. The van der Waals surface area contributed by atoms with Gasteiger partial charge < -0.3 is 0 Å². The zero-order chi connectivity index (χ0) is 21.2. The maximum absolute atomic E-state index is 13.1. The van der Waals surface area contributed by atoms with Gasteiger partial charge in [0.1, 0.15) is 0 Å². The molecule has 0 spiro atoms. The number of carbonyl (C=O) groups excluding carboxylic acids is 1. The molecule has 1 fully saturated rings. The Morgan fingerprint density at radius 2 is 1.79 bits per heavy atom. The Balaban J connectivity index is 1.97. The smallest absolute Gasteiger partial charge is 0.265 e. The lowest BCUT2D eigenvalue weighted by molar-refractivity contribution is 0.0980. The van der Waals surface area contributed by atoms with Crippen LogP contribution < -0.4 is 4.72 Å². The van der Waals surface area contributed by atoms with Crippen molar-refractivity contribution in [2.75, 3.05) is 0 Å². The van der Waals surface area contributed by atoms with Crippen molar-refractivity contribution < 1.29 is 9.00 Å². The molecule has 1 atom stereocenters. The van der Waals surface area contributed by atoms with E-state index in [-0.39, 0.29) is 16.4 Å². The summed E-state index contributed by atoms with van der Waals surface area (Å²) >= 11 is 0. The Kier molecular flexibility index (Phi) is 6.08. The van der Waals surface area contributed by atoms with Gasteiger partial charge in [-0.15, -0.1) is 0 Å². The number of carbonyl (C=O) groups is 1. The van der Waals surface area contributed by atoms with Gasteiger partial charge in [0, 0.05) is 22.7 Å². The predicted molar refractivity (Wildman–Crippen MR) is 114 cm³/mol. The Morgan fingerprint density at radius 1 is 1.10 bits per heavy atom. The molecule has 0 radical (unpaired) electrons. The Morgan fingerprint density at radius 3 is 2.41 bits per heavy atom. The minimum absolute atomic E-state index is 0.0596. The molecule has 2 aromatic rings. The standard InChI is InChI=1S/C22H30N4O2S/c1-15-9-8-12-19(24-15)29(23,28)26-21(27)17-13-14-18(22(2,3)4)25-20(17)16-10-6-5-7-11-16/h8-9,12-14,16H,5-7,10-11H2,1-4H3,(H2,23,26,27,28). The Bertz CT molecular complexity index is 1000. The molecular formula is C22H30N4O2S. The highest BCUT2D eigenvalue weighted by Crippen LogP contribution is 2.35. The number of hydrogen-bond acceptors (Lipinski definition) is 5. The normalized spacial score (nSPS) is 17.5. The van der Waals surface area contributed by atoms with E-state index in [2.05, 4.69) is 30.5 Å². The quantitative estimate of drug-likeness (QED) is 0.745. The fourth-order valence-corrected chi connectivity index (χ4v) is 4.71. The van der Waals surface area contributed by atoms with Crippen molar-refractivity contribution in [2.24, 2.45) is 0 Å². The molecule has 1 amide bonds. The highest BCUT2D eigenvalue weighted by molar-refractivity contribution is 7.91. The number of amides is 1. The molecule has 0 aromatic carbocycles. The van der Waals surface area contributed by atoms with Crippen LogP contribution in [0, 0.1) is 11.7 Å². The molecule has 3 rings (SSSR count). The van der Waals surface area contributed by atoms with Crippen LogP contribution in [0.2, 0.25) is 0 Å². The third-order valence-electron chi connectivity index (χ3n) is 5.32. The van der Waals surface area contributed by atoms with Crippen LogP contribution >= 0.6 is 0 Å². The zero-order valence-electron chi connectivity index (χ0n) is 17.6. The second-order valence-corrected chi connectivity index (χ2v) is 10.6. The van der Waals surface area contributed by atoms with Crippen molar-refractivity contribution in [3.8, 4) is 0 Å². The average Bonchev–Trinajstić information content (AvgIpc) is 2.67. The van der Waals surface area contributed by atoms with Gasteiger partial charge in [-0.1, -0.05) is 46.1 Å². The van der Waals surface area contributed by atoms with Gasteiger partial charge in [-0.25, -0.2) is 14.0 Å². The predicted octanol–water partition coefficient (Wildman–Crippen LogP) is 4.88. The minimum Gasteiger partial charge on any atom is -0.268 e. The van der Waals surface area contributed by atoms with Gasteiger partial charge >= 0.3 is 0 Å². The number of pyridine rings is 2. The Hall–Kier alpha value is -2.28. The van der Waals surface area contributed by atoms with E-state index in [1.165, 1.54) is 12.5 Å². The molecule has 1 saturated carbocycles. The van der Waals surface area contributed by atoms with Gasteiger partial charge in [0.05, 0.1) is 11.3 Å². The van der Waals surface area contributed by atoms with E-state index in [0.717, 1.165) is 37.1 Å². The molecule has 0 aliphatic heterocycles. The zero-order valence-corrected chi connectivity index (χ0v) is 18.4. The van der Waals surface area contributed by atoms with Gasteiger partial charge in [0.15, 0.2) is 14.9 Å². The van der Waals surface area contributed by atoms with Crippen LogP contribution in [0.15, 0.2) is 35.4 Å². The highest BCUT2D eigenvalue weighted by atomic mass is 32.2. The summed E-state index contributed by atoms with van der Waals surface area (Å²) in [5.41, 5.74) is 2.63. The fourth-order valence-electron chi connectivity index (χ4n) is 3.69. The first-order chi connectivity index (χ1) is 13.6. The summed E-state index contributed by atoms with van der Waals surface area (Å²) < 4.78 is 23.5. The van der Waals surface area contributed by atoms with Gasteiger partial charge in [-0.05, 0) is 44.0 Å². The summed E-state index contributed by atoms with van der Waals surface area (Å²) in [4.78, 5) is 22.1. The molecule has 2 N–H and O–H groups in total. The van der Waals surface area contributed by atoms with Gasteiger partial charge in [-0.2, -0.15) is 0 Å².